The van der Waals surface area contributed by atoms with E-state index in [1.807, 2.05) is 0 Å². The van der Waals surface area contributed by atoms with Crippen molar-refractivity contribution < 1.29 is 22.8 Å². The third kappa shape index (κ3) is 1.52. The Kier molecular flexibility index (Phi) is 2.24. The van der Waals surface area contributed by atoms with Crippen molar-refractivity contribution >= 4 is 12.2 Å². The van der Waals surface area contributed by atoms with Gasteiger partial charge in [-0.3, -0.25) is 4.79 Å². The summed E-state index contributed by atoms with van der Waals surface area (Å²) >= 11 is 0. The minimum absolute atomic E-state index is 0.0706. The number of amides is 1. The normalized spacial score (nSPS) is 34.6. The molecule has 2 aliphatic rings. The Balaban J connectivity index is 2.22. The molecule has 3 nitrogen and oxygen atoms in total. The minimum atomic E-state index is -4.87. The summed E-state index contributed by atoms with van der Waals surface area (Å²) in [5.74, 6) is -1.94. The number of alkyl halides is 3. The number of piperidine rings is 1. The van der Waals surface area contributed by atoms with Gasteiger partial charge >= 0.3 is 12.1 Å². The van der Waals surface area contributed by atoms with Gasteiger partial charge in [0.2, 0.25) is 0 Å². The first-order chi connectivity index (χ1) is 6.95. The lowest BCUT2D eigenvalue weighted by molar-refractivity contribution is -0.189. The van der Waals surface area contributed by atoms with Gasteiger partial charge in [0.25, 0.3) is 0 Å². The van der Waals surface area contributed by atoms with Crippen LogP contribution in [0, 0.1) is 5.92 Å². The number of halogens is 3. The summed E-state index contributed by atoms with van der Waals surface area (Å²) in [4.78, 5) is 22.5. The molecule has 3 atom stereocenters. The van der Waals surface area contributed by atoms with Gasteiger partial charge in [0.1, 0.15) is 6.29 Å². The van der Waals surface area contributed by atoms with Crippen molar-refractivity contribution in [1.29, 1.82) is 0 Å². The molecule has 1 aliphatic carbocycles. The Morgan fingerprint density at radius 2 is 2.00 bits per heavy atom. The number of carbonyl (C=O) groups excluding carboxylic acids is 2. The van der Waals surface area contributed by atoms with Crippen LogP contribution < -0.4 is 0 Å². The van der Waals surface area contributed by atoms with Crippen LogP contribution in [0.15, 0.2) is 0 Å². The van der Waals surface area contributed by atoms with E-state index in [1.165, 1.54) is 0 Å². The predicted octanol–water partition coefficient (Wildman–Crippen LogP) is 1.13. The SMILES string of the molecule is O=CC1C2CCC(C2)N1C(=O)C(F)(F)F. The van der Waals surface area contributed by atoms with Crippen LogP contribution >= 0.6 is 0 Å². The van der Waals surface area contributed by atoms with Crippen LogP contribution in [-0.2, 0) is 9.59 Å². The summed E-state index contributed by atoms with van der Waals surface area (Å²) in [6, 6.07) is -1.25. The van der Waals surface area contributed by atoms with E-state index in [4.69, 9.17) is 0 Å². The summed E-state index contributed by atoms with van der Waals surface area (Å²) in [7, 11) is 0. The van der Waals surface area contributed by atoms with E-state index in [2.05, 4.69) is 0 Å². The van der Waals surface area contributed by atoms with Crippen molar-refractivity contribution in [1.82, 2.24) is 4.90 Å². The van der Waals surface area contributed by atoms with E-state index in [0.29, 0.717) is 19.1 Å². The fourth-order valence-electron chi connectivity index (χ4n) is 2.65. The third-order valence-electron chi connectivity index (χ3n) is 3.26. The van der Waals surface area contributed by atoms with Gasteiger partial charge in [-0.2, -0.15) is 13.2 Å². The summed E-state index contributed by atoms with van der Waals surface area (Å²) in [6.07, 6.45) is -2.54. The van der Waals surface area contributed by atoms with Crippen LogP contribution in [0.3, 0.4) is 0 Å². The summed E-state index contributed by atoms with van der Waals surface area (Å²) in [5.41, 5.74) is 0. The highest BCUT2D eigenvalue weighted by molar-refractivity contribution is 5.85. The molecule has 2 bridgehead atoms. The molecule has 1 amide bonds. The number of fused-ring (bicyclic) bond motifs is 2. The molecule has 0 N–H and O–H groups in total. The average molecular weight is 221 g/mol. The smallest absolute Gasteiger partial charge is 0.322 e. The number of carbonyl (C=O) groups is 2. The molecule has 1 saturated heterocycles. The molecular weight excluding hydrogens is 211 g/mol. The summed E-state index contributed by atoms with van der Waals surface area (Å²) in [6.45, 7) is 0. The van der Waals surface area contributed by atoms with Crippen molar-refractivity contribution in [3.05, 3.63) is 0 Å². The molecule has 2 fully saturated rings. The number of hydrogen-bond acceptors (Lipinski definition) is 2. The summed E-state index contributed by atoms with van der Waals surface area (Å²) < 4.78 is 36.7. The second kappa shape index (κ2) is 3.21. The molecule has 0 aromatic heterocycles. The number of nitrogens with zero attached hydrogens (tertiary/aromatic N) is 1. The standard InChI is InChI=1S/C9H10F3NO2/c10-9(11,12)8(15)13-6-2-1-5(3-6)7(13)4-14/h4-7H,1-3H2. The fraction of sp³-hybridized carbons (Fsp3) is 0.778. The van der Waals surface area contributed by atoms with Gasteiger partial charge in [-0.1, -0.05) is 0 Å². The van der Waals surface area contributed by atoms with Crippen molar-refractivity contribution in [3.8, 4) is 0 Å². The van der Waals surface area contributed by atoms with Crippen LogP contribution in [0.2, 0.25) is 0 Å². The monoisotopic (exact) mass is 221 g/mol. The van der Waals surface area contributed by atoms with E-state index in [9.17, 15) is 22.8 Å². The Labute approximate surface area is 84.2 Å². The number of likely N-dealkylation sites (tertiary alicyclic amines) is 1. The van der Waals surface area contributed by atoms with E-state index in [1.54, 1.807) is 0 Å². The number of aldehydes is 1. The van der Waals surface area contributed by atoms with Crippen molar-refractivity contribution in [3.63, 3.8) is 0 Å². The van der Waals surface area contributed by atoms with E-state index < -0.39 is 18.1 Å². The molecule has 15 heavy (non-hydrogen) atoms. The van der Waals surface area contributed by atoms with Crippen LogP contribution in [0.4, 0.5) is 13.2 Å². The maximum Gasteiger partial charge on any atom is 0.471 e. The lowest BCUT2D eigenvalue weighted by atomic mass is 10.00. The highest BCUT2D eigenvalue weighted by Gasteiger charge is 2.54. The Bertz CT molecular complexity index is 302. The topological polar surface area (TPSA) is 37.4 Å². The van der Waals surface area contributed by atoms with Crippen molar-refractivity contribution in [2.45, 2.75) is 37.5 Å². The van der Waals surface area contributed by atoms with Crippen LogP contribution in [0.5, 0.6) is 0 Å². The Hall–Kier alpha value is -1.07. The molecule has 84 valence electrons. The van der Waals surface area contributed by atoms with Gasteiger partial charge in [0.15, 0.2) is 0 Å². The second-order valence-corrected chi connectivity index (χ2v) is 4.06. The molecule has 0 radical (unpaired) electrons. The lowest BCUT2D eigenvalue weighted by Gasteiger charge is -2.32. The Morgan fingerprint density at radius 3 is 2.53 bits per heavy atom. The van der Waals surface area contributed by atoms with Gasteiger partial charge in [-0.05, 0) is 25.2 Å². The van der Waals surface area contributed by atoms with Crippen LogP contribution in [0.25, 0.3) is 0 Å². The van der Waals surface area contributed by atoms with E-state index >= 15 is 0 Å². The van der Waals surface area contributed by atoms with Crippen molar-refractivity contribution in [2.75, 3.05) is 0 Å². The molecule has 1 aliphatic heterocycles. The van der Waals surface area contributed by atoms with Gasteiger partial charge in [0.05, 0.1) is 6.04 Å². The molecule has 0 spiro atoms. The zero-order valence-electron chi connectivity index (χ0n) is 7.83. The Morgan fingerprint density at radius 1 is 1.33 bits per heavy atom. The molecule has 3 unspecified atom stereocenters. The highest BCUT2D eigenvalue weighted by Crippen LogP contribution is 2.43. The maximum absolute atomic E-state index is 12.2. The third-order valence-corrected chi connectivity index (χ3v) is 3.26. The average Bonchev–Trinajstić information content (AvgIpc) is 2.73. The molecule has 1 heterocycles. The first-order valence-electron chi connectivity index (χ1n) is 4.80. The first kappa shape index (κ1) is 10.4. The molecule has 1 saturated carbocycles. The first-order valence-corrected chi connectivity index (χ1v) is 4.80. The minimum Gasteiger partial charge on any atom is -0.322 e. The molecule has 0 aromatic carbocycles. The number of rotatable bonds is 1. The largest absolute Gasteiger partial charge is 0.471 e. The van der Waals surface area contributed by atoms with E-state index in [0.717, 1.165) is 11.3 Å². The fourth-order valence-corrected chi connectivity index (χ4v) is 2.65. The van der Waals surface area contributed by atoms with Crippen LogP contribution in [-0.4, -0.2) is 35.4 Å². The maximum atomic E-state index is 12.2. The van der Waals surface area contributed by atoms with Gasteiger partial charge in [-0.25, -0.2) is 0 Å². The quantitative estimate of drug-likeness (QED) is 0.622. The number of hydrogen-bond donors (Lipinski definition) is 0. The van der Waals surface area contributed by atoms with E-state index in [-0.39, 0.29) is 12.0 Å². The van der Waals surface area contributed by atoms with Gasteiger partial charge < -0.3 is 9.69 Å². The molecule has 2 rings (SSSR count). The zero-order chi connectivity index (χ0) is 11.2. The lowest BCUT2D eigenvalue weighted by Crippen LogP contribution is -2.51. The summed E-state index contributed by atoms with van der Waals surface area (Å²) in [5, 5.41) is 0. The highest BCUT2D eigenvalue weighted by atomic mass is 19.4. The van der Waals surface area contributed by atoms with Gasteiger partial charge in [-0.15, -0.1) is 0 Å². The molecular formula is C9H10F3NO2. The predicted molar refractivity (Wildman–Crippen MR) is 43.9 cm³/mol. The molecule has 6 heteroatoms. The second-order valence-electron chi connectivity index (χ2n) is 4.06. The van der Waals surface area contributed by atoms with Crippen LogP contribution in [0.1, 0.15) is 19.3 Å². The van der Waals surface area contributed by atoms with Gasteiger partial charge in [0, 0.05) is 6.04 Å². The zero-order valence-corrected chi connectivity index (χ0v) is 7.83. The molecule has 0 aromatic rings. The van der Waals surface area contributed by atoms with Crippen molar-refractivity contribution in [2.24, 2.45) is 5.92 Å².